The van der Waals surface area contributed by atoms with Crippen LogP contribution in [-0.2, 0) is 16.0 Å². The fraction of sp³-hybridized carbons (Fsp3) is 0.533. The molecule has 0 heterocycles. The molecule has 0 saturated carbocycles. The highest BCUT2D eigenvalue weighted by Gasteiger charge is 2.30. The molecule has 0 bridgehead atoms. The first-order chi connectivity index (χ1) is 8.85. The fourth-order valence-electron chi connectivity index (χ4n) is 1.87. The van der Waals surface area contributed by atoms with Gasteiger partial charge in [0.05, 0.1) is 11.9 Å². The van der Waals surface area contributed by atoms with Crippen LogP contribution in [0.5, 0.6) is 5.75 Å². The minimum atomic E-state index is -0.502. The van der Waals surface area contributed by atoms with Crippen molar-refractivity contribution >= 4 is 21.9 Å². The Hall–Kier alpha value is -1.03. The Labute approximate surface area is 123 Å². The zero-order valence-electron chi connectivity index (χ0n) is 11.9. The molecule has 3 nitrogen and oxygen atoms in total. The Morgan fingerprint density at radius 3 is 2.37 bits per heavy atom. The second kappa shape index (κ2) is 6.94. The molecule has 1 rings (SSSR count). The molecule has 1 atom stereocenters. The molecular formula is C15H21BrO3. The molecule has 0 fully saturated rings. The van der Waals surface area contributed by atoms with Crippen LogP contribution in [0.1, 0.15) is 32.8 Å². The van der Waals surface area contributed by atoms with E-state index in [-0.39, 0.29) is 10.8 Å². The summed E-state index contributed by atoms with van der Waals surface area (Å²) in [5.41, 5.74) is 0.738. The number of aryl methyl sites for hydroxylation is 1. The lowest BCUT2D eigenvalue weighted by molar-refractivity contribution is -0.153. The molecule has 0 unspecified atom stereocenters. The van der Waals surface area contributed by atoms with Gasteiger partial charge in [-0.3, -0.25) is 4.79 Å². The predicted octanol–water partition coefficient (Wildman–Crippen LogP) is 3.73. The average molecular weight is 329 g/mol. The van der Waals surface area contributed by atoms with Gasteiger partial charge in [-0.1, -0.05) is 28.1 Å². The number of halogens is 1. The van der Waals surface area contributed by atoms with Crippen molar-refractivity contribution in [2.75, 3.05) is 7.11 Å². The van der Waals surface area contributed by atoms with Gasteiger partial charge in [0.25, 0.3) is 0 Å². The van der Waals surface area contributed by atoms with Crippen molar-refractivity contribution in [3.05, 3.63) is 29.8 Å². The summed E-state index contributed by atoms with van der Waals surface area (Å²) >= 11 is 3.61. The molecule has 1 aromatic rings. The second-order valence-electron chi connectivity index (χ2n) is 5.05. The smallest absolute Gasteiger partial charge is 0.303 e. The number of carbonyl (C=O) groups excluding carboxylic acids is 1. The molecule has 0 radical (unpaired) electrons. The lowest BCUT2D eigenvalue weighted by Gasteiger charge is -2.29. The van der Waals surface area contributed by atoms with E-state index in [1.165, 1.54) is 12.5 Å². The normalized spacial score (nSPS) is 12.9. The van der Waals surface area contributed by atoms with Crippen LogP contribution in [0.4, 0.5) is 0 Å². The molecule has 106 valence electrons. The van der Waals surface area contributed by atoms with Crippen molar-refractivity contribution < 1.29 is 14.3 Å². The molecule has 19 heavy (non-hydrogen) atoms. The average Bonchev–Trinajstić information content (AvgIpc) is 2.35. The lowest BCUT2D eigenvalue weighted by atomic mass is 9.98. The molecule has 0 amide bonds. The van der Waals surface area contributed by atoms with Crippen LogP contribution in [-0.4, -0.2) is 23.5 Å². The third-order valence-electron chi connectivity index (χ3n) is 3.01. The summed E-state index contributed by atoms with van der Waals surface area (Å²) in [5, 5.41) is 0. The monoisotopic (exact) mass is 328 g/mol. The Kier molecular flexibility index (Phi) is 5.85. The quantitative estimate of drug-likeness (QED) is 0.589. The molecule has 0 spiro atoms. The van der Waals surface area contributed by atoms with Gasteiger partial charge >= 0.3 is 5.97 Å². The highest BCUT2D eigenvalue weighted by atomic mass is 79.9. The summed E-state index contributed by atoms with van der Waals surface area (Å²) in [6.07, 6.45) is 1.82. The SMILES string of the molecule is COc1ccc(CC[C@H](Br)C(C)(C)OC(C)=O)cc1. The van der Waals surface area contributed by atoms with E-state index >= 15 is 0 Å². The number of methoxy groups -OCH3 is 1. The minimum Gasteiger partial charge on any atom is -0.497 e. The number of alkyl halides is 1. The van der Waals surface area contributed by atoms with E-state index in [2.05, 4.69) is 28.1 Å². The third kappa shape index (κ3) is 5.23. The number of hydrogen-bond acceptors (Lipinski definition) is 3. The number of benzene rings is 1. The van der Waals surface area contributed by atoms with Crippen LogP contribution in [0.25, 0.3) is 0 Å². The molecule has 0 aliphatic carbocycles. The van der Waals surface area contributed by atoms with Crippen molar-refractivity contribution in [3.8, 4) is 5.75 Å². The van der Waals surface area contributed by atoms with Crippen LogP contribution in [0.15, 0.2) is 24.3 Å². The fourth-order valence-corrected chi connectivity index (χ4v) is 2.19. The van der Waals surface area contributed by atoms with Crippen LogP contribution in [0, 0.1) is 0 Å². The Bertz CT molecular complexity index is 412. The summed E-state index contributed by atoms with van der Waals surface area (Å²) in [4.78, 5) is 11.2. The highest BCUT2D eigenvalue weighted by molar-refractivity contribution is 9.09. The van der Waals surface area contributed by atoms with Gasteiger partial charge in [-0.25, -0.2) is 0 Å². The second-order valence-corrected chi connectivity index (χ2v) is 6.16. The molecule has 0 aromatic heterocycles. The highest BCUT2D eigenvalue weighted by Crippen LogP contribution is 2.26. The molecular weight excluding hydrogens is 308 g/mol. The van der Waals surface area contributed by atoms with Gasteiger partial charge in [-0.2, -0.15) is 0 Å². The van der Waals surface area contributed by atoms with E-state index < -0.39 is 5.60 Å². The molecule has 4 heteroatoms. The zero-order valence-corrected chi connectivity index (χ0v) is 13.5. The van der Waals surface area contributed by atoms with Gasteiger partial charge in [0, 0.05) is 6.92 Å². The van der Waals surface area contributed by atoms with Crippen molar-refractivity contribution in [3.63, 3.8) is 0 Å². The summed E-state index contributed by atoms with van der Waals surface area (Å²) in [6, 6.07) is 8.01. The van der Waals surface area contributed by atoms with E-state index in [0.717, 1.165) is 18.6 Å². The number of ether oxygens (including phenoxy) is 2. The van der Waals surface area contributed by atoms with Crippen molar-refractivity contribution in [1.29, 1.82) is 0 Å². The Morgan fingerprint density at radius 2 is 1.89 bits per heavy atom. The van der Waals surface area contributed by atoms with Crippen LogP contribution >= 0.6 is 15.9 Å². The number of carbonyl (C=O) groups is 1. The van der Waals surface area contributed by atoms with Gasteiger partial charge in [-0.05, 0) is 44.4 Å². The topological polar surface area (TPSA) is 35.5 Å². The maximum Gasteiger partial charge on any atom is 0.303 e. The molecule has 1 aromatic carbocycles. The maximum atomic E-state index is 11.1. The predicted molar refractivity (Wildman–Crippen MR) is 79.9 cm³/mol. The summed E-state index contributed by atoms with van der Waals surface area (Å²) < 4.78 is 10.4. The Balaban J connectivity index is 2.52. The molecule has 0 aliphatic heterocycles. The molecule has 0 saturated heterocycles. The zero-order chi connectivity index (χ0) is 14.5. The van der Waals surface area contributed by atoms with Gasteiger partial charge in [0.2, 0.25) is 0 Å². The summed E-state index contributed by atoms with van der Waals surface area (Å²) in [7, 11) is 1.66. The van der Waals surface area contributed by atoms with E-state index in [1.54, 1.807) is 7.11 Å². The standard InChI is InChI=1S/C15H21BrO3/c1-11(17)19-15(2,3)14(16)10-7-12-5-8-13(18-4)9-6-12/h5-6,8-9,14H,7,10H2,1-4H3/t14-/m0/s1. The summed E-state index contributed by atoms with van der Waals surface area (Å²) in [6.45, 7) is 5.27. The van der Waals surface area contributed by atoms with Crippen LogP contribution in [0.3, 0.4) is 0 Å². The van der Waals surface area contributed by atoms with Gasteiger partial charge < -0.3 is 9.47 Å². The van der Waals surface area contributed by atoms with E-state index in [9.17, 15) is 4.79 Å². The van der Waals surface area contributed by atoms with E-state index in [0.29, 0.717) is 0 Å². The molecule has 0 N–H and O–H groups in total. The lowest BCUT2D eigenvalue weighted by Crippen LogP contribution is -2.37. The number of esters is 1. The minimum absolute atomic E-state index is 0.117. The number of rotatable bonds is 6. The van der Waals surface area contributed by atoms with Gasteiger partial charge in [0.1, 0.15) is 11.4 Å². The summed E-state index contributed by atoms with van der Waals surface area (Å²) in [5.74, 6) is 0.610. The van der Waals surface area contributed by atoms with Crippen molar-refractivity contribution in [2.45, 2.75) is 44.0 Å². The third-order valence-corrected chi connectivity index (χ3v) is 4.57. The number of hydrogen-bond donors (Lipinski definition) is 0. The Morgan fingerprint density at radius 1 is 1.32 bits per heavy atom. The first-order valence-corrected chi connectivity index (χ1v) is 7.23. The molecule has 0 aliphatic rings. The van der Waals surface area contributed by atoms with E-state index in [1.807, 2.05) is 26.0 Å². The van der Waals surface area contributed by atoms with E-state index in [4.69, 9.17) is 9.47 Å². The first-order valence-electron chi connectivity index (χ1n) is 6.31. The van der Waals surface area contributed by atoms with Crippen molar-refractivity contribution in [1.82, 2.24) is 0 Å². The van der Waals surface area contributed by atoms with Gasteiger partial charge in [0.15, 0.2) is 0 Å². The van der Waals surface area contributed by atoms with Gasteiger partial charge in [-0.15, -0.1) is 0 Å². The van der Waals surface area contributed by atoms with Crippen molar-refractivity contribution in [2.24, 2.45) is 0 Å². The largest absolute Gasteiger partial charge is 0.497 e. The maximum absolute atomic E-state index is 11.1. The van der Waals surface area contributed by atoms with Crippen LogP contribution < -0.4 is 4.74 Å². The van der Waals surface area contributed by atoms with Crippen LogP contribution in [0.2, 0.25) is 0 Å². The first kappa shape index (κ1) is 16.0.